The molecular weight excluding hydrogens is 264 g/mol. The summed E-state index contributed by atoms with van der Waals surface area (Å²) in [5.74, 6) is -0.991. The molecule has 0 aromatic heterocycles. The number of hydrogen-bond donors (Lipinski definition) is 1. The van der Waals surface area contributed by atoms with E-state index in [0.29, 0.717) is 0 Å². The standard InChI is InChI=1S/C14H12O4S/c1-19(17,18)13-7-5-10(6-8-13)11-3-2-4-12(9-11)14(15)16/h2-9H,1H3,(H,15,16). The molecule has 2 aromatic carbocycles. The van der Waals surface area contributed by atoms with Crippen molar-refractivity contribution in [2.75, 3.05) is 6.26 Å². The van der Waals surface area contributed by atoms with Gasteiger partial charge in [0.25, 0.3) is 0 Å². The van der Waals surface area contributed by atoms with Crippen LogP contribution in [0.1, 0.15) is 10.4 Å². The van der Waals surface area contributed by atoms with E-state index in [0.717, 1.165) is 17.4 Å². The van der Waals surface area contributed by atoms with Gasteiger partial charge in [0.05, 0.1) is 10.5 Å². The van der Waals surface area contributed by atoms with Crippen LogP contribution in [0, 0.1) is 0 Å². The van der Waals surface area contributed by atoms with Crippen molar-refractivity contribution < 1.29 is 18.3 Å². The zero-order valence-electron chi connectivity index (χ0n) is 10.2. The largest absolute Gasteiger partial charge is 0.478 e. The second-order valence-corrected chi connectivity index (χ2v) is 6.20. The van der Waals surface area contributed by atoms with E-state index in [1.807, 2.05) is 0 Å². The van der Waals surface area contributed by atoms with Crippen LogP contribution in [-0.2, 0) is 9.84 Å². The summed E-state index contributed by atoms with van der Waals surface area (Å²) in [6.45, 7) is 0. The highest BCUT2D eigenvalue weighted by atomic mass is 32.2. The fourth-order valence-electron chi connectivity index (χ4n) is 1.73. The second-order valence-electron chi connectivity index (χ2n) is 4.18. The predicted molar refractivity (Wildman–Crippen MR) is 71.9 cm³/mol. The highest BCUT2D eigenvalue weighted by Crippen LogP contribution is 2.22. The number of benzene rings is 2. The normalized spacial score (nSPS) is 11.2. The molecule has 0 saturated heterocycles. The lowest BCUT2D eigenvalue weighted by Crippen LogP contribution is -1.97. The van der Waals surface area contributed by atoms with E-state index in [-0.39, 0.29) is 10.5 Å². The number of hydrogen-bond acceptors (Lipinski definition) is 3. The quantitative estimate of drug-likeness (QED) is 0.934. The van der Waals surface area contributed by atoms with Crippen molar-refractivity contribution >= 4 is 15.8 Å². The Hall–Kier alpha value is -2.14. The van der Waals surface area contributed by atoms with E-state index in [4.69, 9.17) is 5.11 Å². The highest BCUT2D eigenvalue weighted by Gasteiger charge is 2.08. The Bertz CT molecular complexity index is 715. The molecule has 0 radical (unpaired) electrons. The van der Waals surface area contributed by atoms with E-state index < -0.39 is 15.8 Å². The monoisotopic (exact) mass is 276 g/mol. The minimum absolute atomic E-state index is 0.199. The fraction of sp³-hybridized carbons (Fsp3) is 0.0714. The summed E-state index contributed by atoms with van der Waals surface area (Å²) in [5, 5.41) is 8.93. The van der Waals surface area contributed by atoms with Gasteiger partial charge in [-0.1, -0.05) is 24.3 Å². The molecule has 5 heteroatoms. The van der Waals surface area contributed by atoms with Gasteiger partial charge in [0.15, 0.2) is 9.84 Å². The molecule has 0 spiro atoms. The maximum atomic E-state index is 11.3. The molecule has 2 rings (SSSR count). The first kappa shape index (κ1) is 13.3. The van der Waals surface area contributed by atoms with Gasteiger partial charge in [0, 0.05) is 6.26 Å². The first-order valence-electron chi connectivity index (χ1n) is 5.52. The maximum absolute atomic E-state index is 11.3. The molecule has 19 heavy (non-hydrogen) atoms. The van der Waals surface area contributed by atoms with Gasteiger partial charge in [-0.15, -0.1) is 0 Å². The Balaban J connectivity index is 2.43. The Kier molecular flexibility index (Phi) is 3.40. The molecule has 0 heterocycles. The van der Waals surface area contributed by atoms with Crippen LogP contribution in [0.3, 0.4) is 0 Å². The average molecular weight is 276 g/mol. The summed E-state index contributed by atoms with van der Waals surface area (Å²) in [6.07, 6.45) is 1.15. The Morgan fingerprint density at radius 2 is 1.63 bits per heavy atom. The molecular formula is C14H12O4S. The van der Waals surface area contributed by atoms with E-state index >= 15 is 0 Å². The van der Waals surface area contributed by atoms with Gasteiger partial charge in [0.2, 0.25) is 0 Å². The van der Waals surface area contributed by atoms with Crippen molar-refractivity contribution in [3.05, 3.63) is 54.1 Å². The molecule has 0 bridgehead atoms. The summed E-state index contributed by atoms with van der Waals surface area (Å²) in [6, 6.07) is 12.9. The van der Waals surface area contributed by atoms with Gasteiger partial charge in [-0.25, -0.2) is 13.2 Å². The fourth-order valence-corrected chi connectivity index (χ4v) is 2.36. The summed E-state index contributed by atoms with van der Waals surface area (Å²) >= 11 is 0. The van der Waals surface area contributed by atoms with Crippen LogP contribution in [0.15, 0.2) is 53.4 Å². The maximum Gasteiger partial charge on any atom is 0.335 e. The molecule has 4 nitrogen and oxygen atoms in total. The molecule has 1 N–H and O–H groups in total. The molecule has 0 aliphatic heterocycles. The van der Waals surface area contributed by atoms with Gasteiger partial charge < -0.3 is 5.11 Å². The topological polar surface area (TPSA) is 71.4 Å². The lowest BCUT2D eigenvalue weighted by molar-refractivity contribution is 0.0697. The minimum atomic E-state index is -3.22. The molecule has 0 atom stereocenters. The summed E-state index contributed by atoms with van der Waals surface area (Å²) < 4.78 is 22.7. The van der Waals surface area contributed by atoms with Gasteiger partial charge >= 0.3 is 5.97 Å². The van der Waals surface area contributed by atoms with Crippen molar-refractivity contribution in [3.8, 4) is 11.1 Å². The number of carboxylic acid groups (broad SMARTS) is 1. The third-order valence-corrected chi connectivity index (χ3v) is 3.85. The van der Waals surface area contributed by atoms with Gasteiger partial charge in [-0.3, -0.25) is 0 Å². The number of rotatable bonds is 3. The first-order valence-corrected chi connectivity index (χ1v) is 7.41. The van der Waals surface area contributed by atoms with Crippen LogP contribution >= 0.6 is 0 Å². The third-order valence-electron chi connectivity index (χ3n) is 2.73. The van der Waals surface area contributed by atoms with E-state index in [1.165, 1.54) is 18.2 Å². The summed E-state index contributed by atoms with van der Waals surface area (Å²) in [4.78, 5) is 11.1. The summed E-state index contributed by atoms with van der Waals surface area (Å²) in [5.41, 5.74) is 1.71. The van der Waals surface area contributed by atoms with Crippen molar-refractivity contribution in [1.29, 1.82) is 0 Å². The van der Waals surface area contributed by atoms with Gasteiger partial charge in [-0.2, -0.15) is 0 Å². The molecule has 0 saturated carbocycles. The molecule has 0 aliphatic rings. The highest BCUT2D eigenvalue weighted by molar-refractivity contribution is 7.90. The van der Waals surface area contributed by atoms with E-state index in [2.05, 4.69) is 0 Å². The number of sulfone groups is 1. The Morgan fingerprint density at radius 1 is 1.00 bits per heavy atom. The minimum Gasteiger partial charge on any atom is -0.478 e. The lowest BCUT2D eigenvalue weighted by atomic mass is 10.0. The smallest absolute Gasteiger partial charge is 0.335 e. The van der Waals surface area contributed by atoms with Gasteiger partial charge in [-0.05, 0) is 35.4 Å². The first-order chi connectivity index (χ1) is 8.88. The zero-order valence-corrected chi connectivity index (χ0v) is 11.0. The zero-order chi connectivity index (χ0) is 14.0. The molecule has 0 aliphatic carbocycles. The number of aromatic carboxylic acids is 1. The lowest BCUT2D eigenvalue weighted by Gasteiger charge is -2.04. The molecule has 98 valence electrons. The third kappa shape index (κ3) is 3.00. The van der Waals surface area contributed by atoms with E-state index in [9.17, 15) is 13.2 Å². The van der Waals surface area contributed by atoms with Crippen molar-refractivity contribution in [2.24, 2.45) is 0 Å². The van der Waals surface area contributed by atoms with Crippen LogP contribution in [0.4, 0.5) is 0 Å². The molecule has 0 fully saturated rings. The molecule has 2 aromatic rings. The number of carbonyl (C=O) groups is 1. The average Bonchev–Trinajstić information content (AvgIpc) is 2.38. The van der Waals surface area contributed by atoms with Crippen molar-refractivity contribution in [3.63, 3.8) is 0 Å². The van der Waals surface area contributed by atoms with E-state index in [1.54, 1.807) is 30.3 Å². The summed E-state index contributed by atoms with van der Waals surface area (Å²) in [7, 11) is -3.22. The number of carboxylic acids is 1. The van der Waals surface area contributed by atoms with Crippen LogP contribution in [0.2, 0.25) is 0 Å². The molecule has 0 unspecified atom stereocenters. The van der Waals surface area contributed by atoms with Crippen LogP contribution < -0.4 is 0 Å². The predicted octanol–water partition coefficient (Wildman–Crippen LogP) is 2.46. The van der Waals surface area contributed by atoms with Crippen LogP contribution in [0.5, 0.6) is 0 Å². The Labute approximate surface area is 111 Å². The van der Waals surface area contributed by atoms with Gasteiger partial charge in [0.1, 0.15) is 0 Å². The Morgan fingerprint density at radius 3 is 2.16 bits per heavy atom. The second kappa shape index (κ2) is 4.85. The van der Waals surface area contributed by atoms with Crippen molar-refractivity contribution in [2.45, 2.75) is 4.90 Å². The van der Waals surface area contributed by atoms with Crippen LogP contribution in [-0.4, -0.2) is 25.7 Å². The van der Waals surface area contributed by atoms with Crippen LogP contribution in [0.25, 0.3) is 11.1 Å². The SMILES string of the molecule is CS(=O)(=O)c1ccc(-c2cccc(C(=O)O)c2)cc1. The van der Waals surface area contributed by atoms with Crippen molar-refractivity contribution in [1.82, 2.24) is 0 Å². The molecule has 0 amide bonds.